The molecule has 2 aliphatic rings. The molecule has 2 fully saturated rings. The first-order valence-corrected chi connectivity index (χ1v) is 12.5. The quantitative estimate of drug-likeness (QED) is 0.411. The maximum Gasteiger partial charge on any atom is 0.233 e. The van der Waals surface area contributed by atoms with Crippen LogP contribution in [0.15, 0.2) is 48.8 Å². The summed E-state index contributed by atoms with van der Waals surface area (Å²) < 4.78 is 5.46. The van der Waals surface area contributed by atoms with E-state index in [-0.39, 0.29) is 0 Å². The van der Waals surface area contributed by atoms with Crippen molar-refractivity contribution in [3.05, 3.63) is 48.8 Å². The van der Waals surface area contributed by atoms with Gasteiger partial charge in [-0.05, 0) is 43.4 Å². The Morgan fingerprint density at radius 3 is 2.03 bits per heavy atom. The van der Waals surface area contributed by atoms with Crippen molar-refractivity contribution in [3.63, 3.8) is 0 Å². The molecule has 3 N–H and O–H groups in total. The third kappa shape index (κ3) is 6.78. The molecular formula is C25H34N10O. The zero-order valence-corrected chi connectivity index (χ0v) is 20.7. The molecule has 0 amide bonds. The van der Waals surface area contributed by atoms with E-state index in [4.69, 9.17) is 4.74 Å². The van der Waals surface area contributed by atoms with Crippen molar-refractivity contribution in [2.45, 2.75) is 0 Å². The van der Waals surface area contributed by atoms with Crippen LogP contribution in [0.1, 0.15) is 0 Å². The van der Waals surface area contributed by atoms with Crippen LogP contribution in [-0.4, -0.2) is 102 Å². The number of rotatable bonds is 9. The van der Waals surface area contributed by atoms with Crippen molar-refractivity contribution in [1.29, 1.82) is 0 Å². The Bertz CT molecular complexity index is 1080. The highest BCUT2D eigenvalue weighted by atomic mass is 16.5. The maximum atomic E-state index is 5.46. The van der Waals surface area contributed by atoms with Crippen LogP contribution >= 0.6 is 0 Å². The first-order valence-electron chi connectivity index (χ1n) is 12.5. The van der Waals surface area contributed by atoms with Crippen LogP contribution in [0.25, 0.3) is 0 Å². The Morgan fingerprint density at radius 1 is 0.750 bits per heavy atom. The Balaban J connectivity index is 1.27. The number of benzene rings is 1. The minimum atomic E-state index is 0.464. The van der Waals surface area contributed by atoms with Gasteiger partial charge in [0.2, 0.25) is 17.8 Å². The van der Waals surface area contributed by atoms with Crippen molar-refractivity contribution >= 4 is 34.9 Å². The fourth-order valence-corrected chi connectivity index (χ4v) is 4.23. The zero-order valence-electron chi connectivity index (χ0n) is 20.7. The number of nitrogens with zero attached hydrogens (tertiary/aromatic N) is 7. The fraction of sp³-hybridized carbons (Fsp3) is 0.440. The highest BCUT2D eigenvalue weighted by molar-refractivity contribution is 5.61. The number of aromatic nitrogens is 4. The summed E-state index contributed by atoms with van der Waals surface area (Å²) in [5, 5.41) is 9.96. The van der Waals surface area contributed by atoms with E-state index in [0.29, 0.717) is 17.8 Å². The normalized spacial score (nSPS) is 17.1. The zero-order chi connectivity index (χ0) is 24.6. The Kier molecular flexibility index (Phi) is 8.01. The molecule has 0 saturated carbocycles. The van der Waals surface area contributed by atoms with E-state index < -0.39 is 0 Å². The van der Waals surface area contributed by atoms with Gasteiger partial charge in [0.25, 0.3) is 0 Å². The predicted molar refractivity (Wildman–Crippen MR) is 143 cm³/mol. The summed E-state index contributed by atoms with van der Waals surface area (Å²) in [5.74, 6) is 1.47. The summed E-state index contributed by atoms with van der Waals surface area (Å²) in [7, 11) is 2.17. The number of anilines is 6. The van der Waals surface area contributed by atoms with E-state index in [1.54, 1.807) is 12.4 Å². The lowest BCUT2D eigenvalue weighted by Gasteiger charge is -2.32. The van der Waals surface area contributed by atoms with Gasteiger partial charge in [-0.15, -0.1) is 0 Å². The van der Waals surface area contributed by atoms with Gasteiger partial charge in [-0.25, -0.2) is 0 Å². The van der Waals surface area contributed by atoms with E-state index in [2.05, 4.69) is 69.8 Å². The van der Waals surface area contributed by atoms with Gasteiger partial charge in [-0.2, -0.15) is 15.0 Å². The van der Waals surface area contributed by atoms with Crippen LogP contribution in [0, 0.1) is 0 Å². The van der Waals surface area contributed by atoms with Crippen LogP contribution in [0.2, 0.25) is 0 Å². The molecule has 0 spiro atoms. The Morgan fingerprint density at radius 2 is 1.36 bits per heavy atom. The van der Waals surface area contributed by atoms with E-state index in [0.717, 1.165) is 76.9 Å². The number of likely N-dealkylation sites (N-methyl/N-ethyl adjacent to an activating group) is 1. The van der Waals surface area contributed by atoms with Crippen LogP contribution in [0.3, 0.4) is 0 Å². The molecule has 4 heterocycles. The van der Waals surface area contributed by atoms with Gasteiger partial charge in [0.1, 0.15) is 0 Å². The summed E-state index contributed by atoms with van der Waals surface area (Å²) in [4.78, 5) is 25.0. The summed E-state index contributed by atoms with van der Waals surface area (Å²) >= 11 is 0. The highest BCUT2D eigenvalue weighted by Gasteiger charge is 2.14. The minimum absolute atomic E-state index is 0.464. The van der Waals surface area contributed by atoms with Crippen molar-refractivity contribution in [2.24, 2.45) is 0 Å². The summed E-state index contributed by atoms with van der Waals surface area (Å²) in [6, 6.07) is 12.1. The largest absolute Gasteiger partial charge is 0.378 e. The van der Waals surface area contributed by atoms with Gasteiger partial charge in [-0.3, -0.25) is 9.88 Å². The molecule has 0 radical (unpaired) electrons. The van der Waals surface area contributed by atoms with Gasteiger partial charge in [0, 0.05) is 81.8 Å². The van der Waals surface area contributed by atoms with Crippen molar-refractivity contribution in [1.82, 2.24) is 29.7 Å². The third-order valence-corrected chi connectivity index (χ3v) is 6.38. The molecule has 1 aromatic carbocycles. The molecule has 36 heavy (non-hydrogen) atoms. The second kappa shape index (κ2) is 11.9. The molecule has 2 aliphatic heterocycles. The van der Waals surface area contributed by atoms with Crippen molar-refractivity contribution < 1.29 is 4.74 Å². The number of ether oxygens (including phenoxy) is 1. The van der Waals surface area contributed by atoms with E-state index in [1.807, 2.05) is 24.3 Å². The number of piperazine rings is 1. The lowest BCUT2D eigenvalue weighted by atomic mass is 10.2. The van der Waals surface area contributed by atoms with E-state index >= 15 is 0 Å². The minimum Gasteiger partial charge on any atom is -0.378 e. The molecule has 3 aromatic rings. The lowest BCUT2D eigenvalue weighted by Crippen LogP contribution is -2.45. The standard InChI is InChI=1S/C25H34N10O/c1-33-12-14-34(15-13-33)11-10-27-23-30-24(32-25(31-23)29-21-6-8-26-9-7-21)28-20-2-4-22(5-3-20)35-16-18-36-19-17-35/h2-9H,10-19H2,1H3,(H3,26,27,28,29,30,31,32). The first-order chi connectivity index (χ1) is 17.7. The summed E-state index contributed by atoms with van der Waals surface area (Å²) in [6.45, 7) is 9.42. The first kappa shape index (κ1) is 24.2. The average molecular weight is 491 g/mol. The Labute approximate surface area is 211 Å². The summed E-state index contributed by atoms with van der Waals surface area (Å²) in [5.41, 5.74) is 2.96. The molecule has 5 rings (SSSR count). The second-order valence-corrected chi connectivity index (χ2v) is 9.01. The fourth-order valence-electron chi connectivity index (χ4n) is 4.23. The van der Waals surface area contributed by atoms with Crippen LogP contribution < -0.4 is 20.9 Å². The Hall–Kier alpha value is -3.54. The molecule has 0 aliphatic carbocycles. The molecule has 0 atom stereocenters. The summed E-state index contributed by atoms with van der Waals surface area (Å²) in [6.07, 6.45) is 3.46. The number of morpholine rings is 1. The van der Waals surface area contributed by atoms with Gasteiger partial charge >= 0.3 is 0 Å². The number of nitrogens with one attached hydrogen (secondary N) is 3. The topological polar surface area (TPSA) is 107 Å². The molecule has 2 saturated heterocycles. The smallest absolute Gasteiger partial charge is 0.233 e. The number of hydrogen-bond acceptors (Lipinski definition) is 11. The number of pyridine rings is 1. The molecule has 11 heteroatoms. The SMILES string of the molecule is CN1CCN(CCNc2nc(Nc3ccncc3)nc(Nc3ccc(N4CCOCC4)cc3)n2)CC1. The molecule has 2 aromatic heterocycles. The molecule has 11 nitrogen and oxygen atoms in total. The van der Waals surface area contributed by atoms with Crippen LogP contribution in [0.4, 0.5) is 34.9 Å². The number of hydrogen-bond donors (Lipinski definition) is 3. The van der Waals surface area contributed by atoms with Gasteiger partial charge in [0.15, 0.2) is 0 Å². The predicted octanol–water partition coefficient (Wildman–Crippen LogP) is 2.25. The van der Waals surface area contributed by atoms with E-state index in [1.165, 1.54) is 5.69 Å². The van der Waals surface area contributed by atoms with Crippen molar-refractivity contribution in [2.75, 3.05) is 93.5 Å². The third-order valence-electron chi connectivity index (χ3n) is 6.38. The highest BCUT2D eigenvalue weighted by Crippen LogP contribution is 2.22. The van der Waals surface area contributed by atoms with Crippen LogP contribution in [-0.2, 0) is 4.74 Å². The van der Waals surface area contributed by atoms with Crippen LogP contribution in [0.5, 0.6) is 0 Å². The average Bonchev–Trinajstić information content (AvgIpc) is 2.91. The monoisotopic (exact) mass is 490 g/mol. The van der Waals surface area contributed by atoms with Gasteiger partial charge < -0.3 is 30.5 Å². The second-order valence-electron chi connectivity index (χ2n) is 9.01. The molecule has 0 bridgehead atoms. The molecule has 190 valence electrons. The molecule has 0 unspecified atom stereocenters. The van der Waals surface area contributed by atoms with Gasteiger partial charge in [-0.1, -0.05) is 0 Å². The van der Waals surface area contributed by atoms with E-state index in [9.17, 15) is 0 Å². The van der Waals surface area contributed by atoms with Crippen molar-refractivity contribution in [3.8, 4) is 0 Å². The maximum absolute atomic E-state index is 5.46. The van der Waals surface area contributed by atoms with Gasteiger partial charge in [0.05, 0.1) is 13.2 Å². The lowest BCUT2D eigenvalue weighted by molar-refractivity contribution is 0.122. The molecular weight excluding hydrogens is 456 g/mol.